The third kappa shape index (κ3) is 2.67. The fourth-order valence-corrected chi connectivity index (χ4v) is 2.87. The first kappa shape index (κ1) is 15.2. The van der Waals surface area contributed by atoms with Crippen LogP contribution in [0.5, 0.6) is 0 Å². The van der Waals surface area contributed by atoms with Crippen molar-refractivity contribution < 1.29 is 0 Å². The van der Waals surface area contributed by atoms with Crippen LogP contribution in [0.15, 0.2) is 33.9 Å². The molecular formula is C13H9I2N3O2. The molecule has 1 aromatic carbocycles. The van der Waals surface area contributed by atoms with Gasteiger partial charge in [-0.25, -0.2) is 4.79 Å². The molecule has 0 aliphatic carbocycles. The number of rotatable bonds is 2. The van der Waals surface area contributed by atoms with E-state index in [4.69, 9.17) is 5.26 Å². The lowest BCUT2D eigenvalue weighted by Crippen LogP contribution is -2.42. The van der Waals surface area contributed by atoms with E-state index in [1.165, 1.54) is 4.57 Å². The van der Waals surface area contributed by atoms with Gasteiger partial charge in [0.1, 0.15) is 7.27 Å². The molecule has 1 heterocycles. The summed E-state index contributed by atoms with van der Waals surface area (Å²) in [5.74, 6) is 0. The molecule has 0 aliphatic rings. The van der Waals surface area contributed by atoms with E-state index in [-0.39, 0.29) is 17.8 Å². The van der Waals surface area contributed by atoms with E-state index in [9.17, 15) is 9.59 Å². The molecule has 0 N–H and O–H groups in total. The van der Waals surface area contributed by atoms with Crippen LogP contribution in [0.1, 0.15) is 11.1 Å². The van der Waals surface area contributed by atoms with Crippen molar-refractivity contribution in [3.8, 4) is 6.07 Å². The smallest absolute Gasteiger partial charge is 0.290 e. The lowest BCUT2D eigenvalue weighted by atomic mass is 10.1. The minimum absolute atomic E-state index is 0.0994. The fourth-order valence-electron chi connectivity index (χ4n) is 1.78. The van der Waals surface area contributed by atoms with Crippen molar-refractivity contribution in [3.05, 3.63) is 63.5 Å². The Bertz CT molecular complexity index is 794. The number of hydrogen-bond acceptors (Lipinski definition) is 3. The van der Waals surface area contributed by atoms with Crippen molar-refractivity contribution in [2.75, 3.05) is 0 Å². The summed E-state index contributed by atoms with van der Waals surface area (Å²) in [5.41, 5.74) is 0.416. The molecular weight excluding hydrogens is 484 g/mol. The van der Waals surface area contributed by atoms with Gasteiger partial charge in [0.25, 0.3) is 5.56 Å². The van der Waals surface area contributed by atoms with Gasteiger partial charge in [0, 0.05) is 7.05 Å². The zero-order valence-electron chi connectivity index (χ0n) is 10.4. The maximum absolute atomic E-state index is 12.2. The van der Waals surface area contributed by atoms with Gasteiger partial charge in [-0.15, -0.1) is 0 Å². The van der Waals surface area contributed by atoms with Crippen LogP contribution in [0.2, 0.25) is 0 Å². The monoisotopic (exact) mass is 493 g/mol. The van der Waals surface area contributed by atoms with Crippen molar-refractivity contribution in [2.45, 2.75) is 6.54 Å². The van der Waals surface area contributed by atoms with Gasteiger partial charge in [-0.05, 0) is 56.8 Å². The van der Waals surface area contributed by atoms with Gasteiger partial charge in [-0.3, -0.25) is 13.9 Å². The van der Waals surface area contributed by atoms with E-state index in [1.807, 2.05) is 45.2 Å². The second kappa shape index (κ2) is 6.09. The van der Waals surface area contributed by atoms with E-state index < -0.39 is 0 Å². The van der Waals surface area contributed by atoms with Crippen LogP contribution < -0.4 is 11.2 Å². The Morgan fingerprint density at radius 1 is 1.25 bits per heavy atom. The van der Waals surface area contributed by atoms with Crippen molar-refractivity contribution in [1.29, 1.82) is 5.26 Å². The Kier molecular flexibility index (Phi) is 4.64. The number of nitriles is 1. The molecule has 7 heteroatoms. The molecule has 1 aromatic heterocycles. The summed E-state index contributed by atoms with van der Waals surface area (Å²) in [6, 6.07) is 9.01. The summed E-state index contributed by atoms with van der Waals surface area (Å²) in [6.07, 6.45) is 0. The molecule has 20 heavy (non-hydrogen) atoms. The van der Waals surface area contributed by atoms with Crippen LogP contribution in [-0.2, 0) is 13.6 Å². The largest absolute Gasteiger partial charge is 0.331 e. The van der Waals surface area contributed by atoms with Gasteiger partial charge in [0.2, 0.25) is 0 Å². The molecule has 0 bridgehead atoms. The third-order valence-corrected chi connectivity index (χ3v) is 6.16. The zero-order valence-corrected chi connectivity index (χ0v) is 14.7. The van der Waals surface area contributed by atoms with E-state index in [0.29, 0.717) is 18.4 Å². The average Bonchev–Trinajstić information content (AvgIpc) is 2.48. The minimum atomic E-state index is -0.382. The maximum atomic E-state index is 12.2. The highest BCUT2D eigenvalue weighted by Gasteiger charge is 2.14. The summed E-state index contributed by atoms with van der Waals surface area (Å²) in [6.45, 7) is 0.0994. The molecule has 0 radical (unpaired) electrons. The number of hydrogen-bond donors (Lipinski definition) is 0. The number of nitrogens with zero attached hydrogens (tertiary/aromatic N) is 3. The van der Waals surface area contributed by atoms with Gasteiger partial charge < -0.3 is 0 Å². The summed E-state index contributed by atoms with van der Waals surface area (Å²) < 4.78 is 3.70. The van der Waals surface area contributed by atoms with Crippen LogP contribution >= 0.6 is 45.2 Å². The first-order valence-corrected chi connectivity index (χ1v) is 7.76. The predicted molar refractivity (Wildman–Crippen MR) is 91.6 cm³/mol. The SMILES string of the molecule is Cn1c(I)c(I)c(=O)n(Cc2ccccc2C#N)c1=O. The van der Waals surface area contributed by atoms with Crippen molar-refractivity contribution in [3.63, 3.8) is 0 Å². The van der Waals surface area contributed by atoms with Crippen LogP contribution in [-0.4, -0.2) is 9.13 Å². The highest BCUT2D eigenvalue weighted by Crippen LogP contribution is 2.10. The van der Waals surface area contributed by atoms with Gasteiger partial charge in [0.15, 0.2) is 0 Å². The topological polar surface area (TPSA) is 67.8 Å². The lowest BCUT2D eigenvalue weighted by Gasteiger charge is -2.11. The predicted octanol–water partition coefficient (Wildman–Crippen LogP) is 1.68. The molecule has 0 aliphatic heterocycles. The van der Waals surface area contributed by atoms with Crippen LogP contribution in [0, 0.1) is 18.6 Å². The minimum Gasteiger partial charge on any atom is -0.290 e. The Labute approximate surface area is 142 Å². The lowest BCUT2D eigenvalue weighted by molar-refractivity contribution is 0.622. The standard InChI is InChI=1S/C13H9I2N3O2/c1-17-11(15)10(14)12(19)18(13(17)20)7-9-5-3-2-4-8(9)6-16/h2-5H,7H2,1H3. The maximum Gasteiger partial charge on any atom is 0.331 e. The second-order valence-electron chi connectivity index (χ2n) is 4.11. The molecule has 5 nitrogen and oxygen atoms in total. The summed E-state index contributed by atoms with van der Waals surface area (Å²) in [7, 11) is 1.62. The zero-order chi connectivity index (χ0) is 14.9. The molecule has 2 rings (SSSR count). The summed E-state index contributed by atoms with van der Waals surface area (Å²) in [5, 5.41) is 9.06. The molecule has 2 aromatic rings. The third-order valence-electron chi connectivity index (χ3n) is 2.89. The van der Waals surface area contributed by atoms with Gasteiger partial charge in [-0.1, -0.05) is 18.2 Å². The molecule has 0 fully saturated rings. The molecule has 0 atom stereocenters. The van der Waals surface area contributed by atoms with Crippen molar-refractivity contribution in [2.24, 2.45) is 7.05 Å². The highest BCUT2D eigenvalue weighted by molar-refractivity contribution is 14.1. The van der Waals surface area contributed by atoms with E-state index in [0.717, 1.165) is 4.57 Å². The van der Waals surface area contributed by atoms with Crippen LogP contribution in [0.4, 0.5) is 0 Å². The Morgan fingerprint density at radius 2 is 1.90 bits per heavy atom. The normalized spacial score (nSPS) is 10.3. The van der Waals surface area contributed by atoms with Gasteiger partial charge in [0.05, 0.1) is 18.2 Å². The van der Waals surface area contributed by atoms with E-state index >= 15 is 0 Å². The molecule has 0 spiro atoms. The Balaban J connectivity index is 2.65. The number of aromatic nitrogens is 2. The highest BCUT2D eigenvalue weighted by atomic mass is 127. The molecule has 0 amide bonds. The summed E-state index contributed by atoms with van der Waals surface area (Å²) in [4.78, 5) is 24.4. The molecule has 0 saturated heterocycles. The second-order valence-corrected chi connectivity index (χ2v) is 6.21. The first-order valence-electron chi connectivity index (χ1n) is 5.60. The van der Waals surface area contributed by atoms with Crippen LogP contribution in [0.25, 0.3) is 0 Å². The number of benzene rings is 1. The van der Waals surface area contributed by atoms with Gasteiger partial charge in [-0.2, -0.15) is 5.26 Å². The molecule has 0 unspecified atom stereocenters. The van der Waals surface area contributed by atoms with E-state index in [1.54, 1.807) is 31.3 Å². The van der Waals surface area contributed by atoms with Crippen molar-refractivity contribution >= 4 is 45.2 Å². The molecule has 102 valence electrons. The summed E-state index contributed by atoms with van der Waals surface area (Å²) >= 11 is 3.90. The number of halogens is 2. The van der Waals surface area contributed by atoms with Gasteiger partial charge >= 0.3 is 5.69 Å². The fraction of sp³-hybridized carbons (Fsp3) is 0.154. The van der Waals surface area contributed by atoms with Crippen molar-refractivity contribution in [1.82, 2.24) is 9.13 Å². The molecule has 0 saturated carbocycles. The first-order chi connectivity index (χ1) is 9.47. The Morgan fingerprint density at radius 3 is 2.55 bits per heavy atom. The van der Waals surface area contributed by atoms with Crippen LogP contribution in [0.3, 0.4) is 0 Å². The average molecular weight is 493 g/mol. The van der Waals surface area contributed by atoms with E-state index in [2.05, 4.69) is 6.07 Å². The Hall–Kier alpha value is -1.15. The quantitative estimate of drug-likeness (QED) is 0.473.